The molecule has 0 atom stereocenters. The lowest BCUT2D eigenvalue weighted by molar-refractivity contribution is 0.249. The summed E-state index contributed by atoms with van der Waals surface area (Å²) in [4.78, 5) is 18.3. The van der Waals surface area contributed by atoms with Gasteiger partial charge in [0.1, 0.15) is 12.1 Å². The molecule has 0 spiro atoms. The maximum Gasteiger partial charge on any atom is 0.150 e. The van der Waals surface area contributed by atoms with E-state index in [2.05, 4.69) is 50.0 Å². The molecule has 3 aromatic heterocycles. The van der Waals surface area contributed by atoms with Crippen LogP contribution in [-0.2, 0) is 6.54 Å². The predicted molar refractivity (Wildman–Crippen MR) is 98.6 cm³/mol. The lowest BCUT2D eigenvalue weighted by Gasteiger charge is -2.35. The van der Waals surface area contributed by atoms with Crippen molar-refractivity contribution in [3.05, 3.63) is 46.9 Å². The van der Waals surface area contributed by atoms with E-state index >= 15 is 0 Å². The van der Waals surface area contributed by atoms with E-state index in [1.54, 1.807) is 17.7 Å². The summed E-state index contributed by atoms with van der Waals surface area (Å²) >= 11 is 1.75. The normalized spacial score (nSPS) is 16.0. The van der Waals surface area contributed by atoms with E-state index < -0.39 is 0 Å². The Balaban J connectivity index is 1.47. The highest BCUT2D eigenvalue weighted by Gasteiger charge is 2.21. The first kappa shape index (κ1) is 15.5. The van der Waals surface area contributed by atoms with Gasteiger partial charge in [0.2, 0.25) is 0 Å². The number of fused-ring (bicyclic) bond motifs is 1. The molecule has 3 aromatic rings. The van der Waals surface area contributed by atoms with Gasteiger partial charge in [-0.15, -0.1) is 11.3 Å². The van der Waals surface area contributed by atoms with Gasteiger partial charge in [-0.1, -0.05) is 6.07 Å². The van der Waals surface area contributed by atoms with Crippen LogP contribution in [0.4, 0.5) is 5.82 Å². The number of rotatable bonds is 3. The van der Waals surface area contributed by atoms with E-state index in [9.17, 15) is 0 Å². The van der Waals surface area contributed by atoms with Crippen LogP contribution >= 0.6 is 11.3 Å². The molecule has 5 nitrogen and oxygen atoms in total. The molecule has 0 N–H and O–H groups in total. The molecule has 0 unspecified atom stereocenters. The second kappa shape index (κ2) is 6.45. The SMILES string of the molecule is Cc1ncccc1CN1CCN(c2ncnc3c(C)csc23)CC1. The average Bonchev–Trinajstić information content (AvgIpc) is 2.99. The third-order valence-corrected chi connectivity index (χ3v) is 5.78. The topological polar surface area (TPSA) is 45.2 Å². The minimum absolute atomic E-state index is 0.977. The van der Waals surface area contributed by atoms with Gasteiger partial charge in [-0.25, -0.2) is 9.97 Å². The lowest BCUT2D eigenvalue weighted by Crippen LogP contribution is -2.46. The number of aryl methyl sites for hydroxylation is 2. The molecular weight excluding hydrogens is 318 g/mol. The molecule has 0 bridgehead atoms. The van der Waals surface area contributed by atoms with Gasteiger partial charge in [0.05, 0.1) is 10.2 Å². The van der Waals surface area contributed by atoms with Crippen LogP contribution in [0.15, 0.2) is 30.0 Å². The van der Waals surface area contributed by atoms with Gasteiger partial charge in [-0.3, -0.25) is 9.88 Å². The van der Waals surface area contributed by atoms with Crippen molar-refractivity contribution in [1.82, 2.24) is 19.9 Å². The second-order valence-corrected chi connectivity index (χ2v) is 7.18. The first-order valence-corrected chi connectivity index (χ1v) is 9.17. The van der Waals surface area contributed by atoms with Crippen LogP contribution < -0.4 is 4.90 Å². The summed E-state index contributed by atoms with van der Waals surface area (Å²) in [6.07, 6.45) is 3.56. The highest BCUT2D eigenvalue weighted by molar-refractivity contribution is 7.18. The van der Waals surface area contributed by atoms with Gasteiger partial charge >= 0.3 is 0 Å². The number of piperazine rings is 1. The highest BCUT2D eigenvalue weighted by atomic mass is 32.1. The molecule has 1 saturated heterocycles. The fraction of sp³-hybridized carbons (Fsp3) is 0.389. The van der Waals surface area contributed by atoms with Crippen molar-refractivity contribution in [2.45, 2.75) is 20.4 Å². The Morgan fingerprint density at radius 3 is 2.71 bits per heavy atom. The van der Waals surface area contributed by atoms with Gasteiger partial charge in [-0.05, 0) is 36.4 Å². The van der Waals surface area contributed by atoms with Crippen LogP contribution in [0.25, 0.3) is 10.2 Å². The number of nitrogens with zero attached hydrogens (tertiary/aromatic N) is 5. The third-order valence-electron chi connectivity index (χ3n) is 4.69. The number of hydrogen-bond donors (Lipinski definition) is 0. The molecule has 0 amide bonds. The first-order valence-electron chi connectivity index (χ1n) is 8.29. The summed E-state index contributed by atoms with van der Waals surface area (Å²) in [5.74, 6) is 1.09. The van der Waals surface area contributed by atoms with E-state index in [1.807, 2.05) is 12.3 Å². The summed E-state index contributed by atoms with van der Waals surface area (Å²) in [5, 5.41) is 2.17. The van der Waals surface area contributed by atoms with Gasteiger partial charge in [0.25, 0.3) is 0 Å². The molecule has 1 fully saturated rings. The smallest absolute Gasteiger partial charge is 0.150 e. The maximum atomic E-state index is 4.56. The van der Waals surface area contributed by atoms with Crippen molar-refractivity contribution in [2.75, 3.05) is 31.1 Å². The van der Waals surface area contributed by atoms with Crippen LogP contribution in [0, 0.1) is 13.8 Å². The number of aromatic nitrogens is 3. The summed E-state index contributed by atoms with van der Waals surface area (Å²) in [5.41, 5.74) is 4.79. The molecule has 4 rings (SSSR count). The first-order chi connectivity index (χ1) is 11.7. The molecule has 1 aliphatic heterocycles. The van der Waals surface area contributed by atoms with E-state index in [1.165, 1.54) is 15.8 Å². The van der Waals surface area contributed by atoms with E-state index in [-0.39, 0.29) is 0 Å². The Kier molecular flexibility index (Phi) is 4.16. The van der Waals surface area contributed by atoms with Crippen LogP contribution in [0.3, 0.4) is 0 Å². The largest absolute Gasteiger partial charge is 0.353 e. The second-order valence-electron chi connectivity index (χ2n) is 6.30. The molecule has 6 heteroatoms. The van der Waals surface area contributed by atoms with Crippen LogP contribution in [-0.4, -0.2) is 46.0 Å². The Bertz CT molecular complexity index is 851. The average molecular weight is 339 g/mol. The van der Waals surface area contributed by atoms with Crippen molar-refractivity contribution in [3.8, 4) is 0 Å². The number of anilines is 1. The van der Waals surface area contributed by atoms with Crippen molar-refractivity contribution in [3.63, 3.8) is 0 Å². The Morgan fingerprint density at radius 1 is 1.08 bits per heavy atom. The maximum absolute atomic E-state index is 4.56. The molecule has 4 heterocycles. The van der Waals surface area contributed by atoms with Gasteiger partial charge < -0.3 is 4.90 Å². The zero-order valence-electron chi connectivity index (χ0n) is 14.1. The van der Waals surface area contributed by atoms with Crippen LogP contribution in [0.2, 0.25) is 0 Å². The van der Waals surface area contributed by atoms with Crippen LogP contribution in [0.5, 0.6) is 0 Å². The quantitative estimate of drug-likeness (QED) is 0.734. The minimum Gasteiger partial charge on any atom is -0.353 e. The Hall–Kier alpha value is -2.05. The molecular formula is C18H21N5S. The minimum atomic E-state index is 0.977. The third kappa shape index (κ3) is 2.87. The van der Waals surface area contributed by atoms with E-state index in [0.29, 0.717) is 0 Å². The van der Waals surface area contributed by atoms with Crippen LogP contribution in [0.1, 0.15) is 16.8 Å². The number of pyridine rings is 1. The van der Waals surface area contributed by atoms with Crippen molar-refractivity contribution in [2.24, 2.45) is 0 Å². The summed E-state index contributed by atoms with van der Waals surface area (Å²) in [6.45, 7) is 9.27. The van der Waals surface area contributed by atoms with Gasteiger partial charge in [0, 0.05) is 44.6 Å². The van der Waals surface area contributed by atoms with E-state index in [0.717, 1.165) is 49.8 Å². The number of thiophene rings is 1. The Labute approximate surface area is 146 Å². The molecule has 0 saturated carbocycles. The molecule has 1 aliphatic rings. The van der Waals surface area contributed by atoms with Crippen molar-refractivity contribution >= 4 is 27.4 Å². The molecule has 0 aliphatic carbocycles. The van der Waals surface area contributed by atoms with Crippen molar-refractivity contribution in [1.29, 1.82) is 0 Å². The predicted octanol–water partition coefficient (Wildman–Crippen LogP) is 3.03. The monoisotopic (exact) mass is 339 g/mol. The van der Waals surface area contributed by atoms with Crippen molar-refractivity contribution < 1.29 is 0 Å². The van der Waals surface area contributed by atoms with Gasteiger partial charge in [-0.2, -0.15) is 0 Å². The van der Waals surface area contributed by atoms with E-state index in [4.69, 9.17) is 0 Å². The molecule has 0 radical (unpaired) electrons. The summed E-state index contributed by atoms with van der Waals surface area (Å²) < 4.78 is 1.21. The highest BCUT2D eigenvalue weighted by Crippen LogP contribution is 2.31. The fourth-order valence-electron chi connectivity index (χ4n) is 3.23. The summed E-state index contributed by atoms with van der Waals surface area (Å²) in [6, 6.07) is 4.20. The lowest BCUT2D eigenvalue weighted by atomic mass is 10.2. The zero-order valence-corrected chi connectivity index (χ0v) is 14.9. The standard InChI is InChI=1S/C18H21N5S/c1-13-11-24-17-16(13)20-12-21-18(17)23-8-6-22(7-9-23)10-15-4-3-5-19-14(15)2/h3-5,11-12H,6-10H2,1-2H3. The number of hydrogen-bond acceptors (Lipinski definition) is 6. The molecule has 124 valence electrons. The Morgan fingerprint density at radius 2 is 1.92 bits per heavy atom. The van der Waals surface area contributed by atoms with Gasteiger partial charge in [0.15, 0.2) is 0 Å². The fourth-order valence-corrected chi connectivity index (χ4v) is 4.24. The zero-order chi connectivity index (χ0) is 16.5. The molecule has 24 heavy (non-hydrogen) atoms. The summed E-state index contributed by atoms with van der Waals surface area (Å²) in [7, 11) is 0. The molecule has 0 aromatic carbocycles.